The lowest BCUT2D eigenvalue weighted by atomic mass is 10.0. The summed E-state index contributed by atoms with van der Waals surface area (Å²) in [6, 6.07) is 22.7. The summed E-state index contributed by atoms with van der Waals surface area (Å²) in [4.78, 5) is 35.0. The van der Waals surface area contributed by atoms with Gasteiger partial charge in [0.2, 0.25) is 0 Å². The zero-order valence-electron chi connectivity index (χ0n) is 16.1. The summed E-state index contributed by atoms with van der Waals surface area (Å²) in [6.07, 6.45) is -5.52. The molecule has 158 valence electrons. The molecule has 3 aromatic carbocycles. The van der Waals surface area contributed by atoms with E-state index < -0.39 is 33.3 Å². The minimum absolute atomic E-state index is 0.0954. The molecule has 10 heteroatoms. The second-order valence-electron chi connectivity index (χ2n) is 6.66. The molecule has 0 aromatic heterocycles. The van der Waals surface area contributed by atoms with Gasteiger partial charge in [-0.25, -0.2) is 0 Å². The molecule has 0 saturated carbocycles. The second-order valence-corrected chi connectivity index (χ2v) is 6.66. The predicted octanol–water partition coefficient (Wildman–Crippen LogP) is 4.21. The molecule has 0 bridgehead atoms. The molecule has 0 spiro atoms. The Kier molecular flexibility index (Phi) is 6.63. The maximum absolute atomic E-state index is 12.2. The van der Waals surface area contributed by atoms with Gasteiger partial charge >= 0.3 is 18.5 Å². The van der Waals surface area contributed by atoms with Crippen LogP contribution in [0.5, 0.6) is 0 Å². The van der Waals surface area contributed by atoms with Gasteiger partial charge < -0.3 is 0 Å². The number of hydrogen-bond acceptors (Lipinski definition) is 7. The predicted molar refractivity (Wildman–Crippen MR) is 110 cm³/mol. The van der Waals surface area contributed by atoms with Crippen molar-refractivity contribution in [3.05, 3.63) is 138 Å². The first kappa shape index (κ1) is 21.5. The van der Waals surface area contributed by atoms with Gasteiger partial charge in [-0.3, -0.25) is 30.3 Å². The van der Waals surface area contributed by atoms with E-state index in [-0.39, 0.29) is 16.7 Å². The molecule has 31 heavy (non-hydrogen) atoms. The summed E-state index contributed by atoms with van der Waals surface area (Å²) < 4.78 is 0. The second kappa shape index (κ2) is 9.55. The van der Waals surface area contributed by atoms with Gasteiger partial charge in [-0.15, -0.1) is 0 Å². The van der Waals surface area contributed by atoms with Gasteiger partial charge in [-0.1, -0.05) is 95.9 Å². The number of nitrogens with zero attached hydrogens (tertiary/aromatic N) is 4. The summed E-state index contributed by atoms with van der Waals surface area (Å²) in [7, 11) is 0. The van der Waals surface area contributed by atoms with Crippen molar-refractivity contribution in [3.8, 4) is 0 Å². The smallest absolute Gasteiger partial charge is 0.262 e. The van der Waals surface area contributed by atoms with Crippen LogP contribution in [0.1, 0.15) is 35.2 Å². The summed E-state index contributed by atoms with van der Waals surface area (Å²) >= 11 is 0. The third kappa shape index (κ3) is 4.70. The highest BCUT2D eigenvalue weighted by Crippen LogP contribution is 2.39. The molecule has 3 aromatic rings. The fourth-order valence-electron chi connectivity index (χ4n) is 3.48. The Labute approximate surface area is 176 Å². The van der Waals surface area contributed by atoms with Gasteiger partial charge in [-0.2, -0.15) is 0 Å². The van der Waals surface area contributed by atoms with Gasteiger partial charge in [0, 0.05) is 31.5 Å². The molecule has 0 saturated heterocycles. The summed E-state index contributed by atoms with van der Waals surface area (Å²) in [5.41, 5.74) is 0.286. The highest BCUT2D eigenvalue weighted by molar-refractivity contribution is 5.23. The molecule has 3 unspecified atom stereocenters. The van der Waals surface area contributed by atoms with Crippen LogP contribution >= 0.6 is 0 Å². The van der Waals surface area contributed by atoms with Gasteiger partial charge in [0.15, 0.2) is 0 Å². The maximum atomic E-state index is 12.2. The van der Waals surface area contributed by atoms with Crippen LogP contribution in [0.4, 0.5) is 0 Å². The Bertz CT molecular complexity index is 913. The first-order valence-electron chi connectivity index (χ1n) is 9.24. The molecule has 3 rings (SSSR count). The average Bonchev–Trinajstić information content (AvgIpc) is 2.75. The van der Waals surface area contributed by atoms with Crippen LogP contribution in [-0.2, 0) is 0 Å². The van der Waals surface area contributed by atoms with E-state index >= 15 is 0 Å². The first-order valence-corrected chi connectivity index (χ1v) is 9.24. The molecule has 0 amide bonds. The topological polar surface area (TPSA) is 133 Å². The van der Waals surface area contributed by atoms with Gasteiger partial charge in [0.1, 0.15) is 0 Å². The standard InChI is InChI=1S/C21H18N4O6/c26-23(27)19(16-10-4-1-5-11-16)22(20(24(28)29)17-12-6-2-7-13-17)21(25(30)31)18-14-8-3-9-15-18/h1-15,19-21H. The minimum Gasteiger partial charge on any atom is -0.262 e. The summed E-state index contributed by atoms with van der Waals surface area (Å²) in [6.45, 7) is 0. The fourth-order valence-corrected chi connectivity index (χ4v) is 3.48. The third-order valence-corrected chi connectivity index (χ3v) is 4.74. The Morgan fingerprint density at radius 2 is 0.710 bits per heavy atom. The number of hydrogen-bond donors (Lipinski definition) is 0. The normalized spacial score (nSPS) is 13.8. The monoisotopic (exact) mass is 422 g/mol. The molecule has 0 aliphatic carbocycles. The van der Waals surface area contributed by atoms with Crippen LogP contribution in [0.3, 0.4) is 0 Å². The lowest BCUT2D eigenvalue weighted by Gasteiger charge is -2.30. The molecule has 0 aliphatic heterocycles. The Hall–Kier alpha value is -4.18. The number of rotatable bonds is 9. The summed E-state index contributed by atoms with van der Waals surface area (Å²) in [5, 5.41) is 36.5. The van der Waals surface area contributed by atoms with Crippen molar-refractivity contribution in [3.63, 3.8) is 0 Å². The van der Waals surface area contributed by atoms with E-state index in [0.717, 1.165) is 4.90 Å². The van der Waals surface area contributed by atoms with E-state index in [9.17, 15) is 30.3 Å². The fraction of sp³-hybridized carbons (Fsp3) is 0.143. The lowest BCUT2D eigenvalue weighted by Crippen LogP contribution is -2.45. The minimum atomic E-state index is -1.84. The molecule has 0 aliphatic rings. The Morgan fingerprint density at radius 1 is 0.484 bits per heavy atom. The van der Waals surface area contributed by atoms with E-state index in [1.165, 1.54) is 72.8 Å². The summed E-state index contributed by atoms with van der Waals surface area (Å²) in [5.74, 6) is 0. The zero-order valence-corrected chi connectivity index (χ0v) is 16.1. The molecular weight excluding hydrogens is 404 g/mol. The molecule has 3 atom stereocenters. The highest BCUT2D eigenvalue weighted by atomic mass is 16.7. The van der Waals surface area contributed by atoms with Gasteiger partial charge in [0.05, 0.1) is 0 Å². The van der Waals surface area contributed by atoms with Crippen LogP contribution in [0.2, 0.25) is 0 Å². The number of benzene rings is 3. The largest absolute Gasteiger partial charge is 0.305 e. The van der Waals surface area contributed by atoms with Crippen LogP contribution in [0.15, 0.2) is 91.0 Å². The Balaban J connectivity index is 2.29. The van der Waals surface area contributed by atoms with Crippen LogP contribution in [0.25, 0.3) is 0 Å². The molecule has 10 nitrogen and oxygen atoms in total. The molecule has 0 N–H and O–H groups in total. The van der Waals surface area contributed by atoms with E-state index in [1.807, 2.05) is 0 Å². The van der Waals surface area contributed by atoms with Crippen molar-refractivity contribution in [2.45, 2.75) is 18.5 Å². The maximum Gasteiger partial charge on any atom is 0.305 e. The zero-order chi connectivity index (χ0) is 22.4. The SMILES string of the molecule is O=[N+]([O-])C(c1ccccc1)N(C(c1ccccc1)[N+](=O)[O-])C(c1ccccc1)[N+](=O)[O-]. The van der Waals surface area contributed by atoms with Crippen molar-refractivity contribution in [1.29, 1.82) is 0 Å². The van der Waals surface area contributed by atoms with E-state index in [1.54, 1.807) is 18.2 Å². The third-order valence-electron chi connectivity index (χ3n) is 4.74. The van der Waals surface area contributed by atoms with Crippen molar-refractivity contribution in [2.75, 3.05) is 0 Å². The lowest BCUT2D eigenvalue weighted by molar-refractivity contribution is -0.668. The van der Waals surface area contributed by atoms with Crippen molar-refractivity contribution in [2.24, 2.45) is 0 Å². The molecule has 0 fully saturated rings. The van der Waals surface area contributed by atoms with Crippen molar-refractivity contribution >= 4 is 0 Å². The van der Waals surface area contributed by atoms with Crippen LogP contribution < -0.4 is 0 Å². The van der Waals surface area contributed by atoms with Gasteiger partial charge in [0.25, 0.3) is 0 Å². The Morgan fingerprint density at radius 3 is 0.903 bits per heavy atom. The average molecular weight is 422 g/mol. The van der Waals surface area contributed by atoms with E-state index in [0.29, 0.717) is 0 Å². The molecule has 0 heterocycles. The van der Waals surface area contributed by atoms with Crippen LogP contribution in [-0.4, -0.2) is 19.7 Å². The molecular formula is C21H18N4O6. The highest BCUT2D eigenvalue weighted by Gasteiger charge is 2.52. The first-order chi connectivity index (χ1) is 14.9. The molecule has 0 radical (unpaired) electrons. The quantitative estimate of drug-likeness (QED) is 0.286. The van der Waals surface area contributed by atoms with E-state index in [4.69, 9.17) is 0 Å². The van der Waals surface area contributed by atoms with E-state index in [2.05, 4.69) is 0 Å². The van der Waals surface area contributed by atoms with Crippen molar-refractivity contribution < 1.29 is 14.8 Å². The number of nitro groups is 3. The van der Waals surface area contributed by atoms with Crippen molar-refractivity contribution in [1.82, 2.24) is 4.90 Å². The van der Waals surface area contributed by atoms with Gasteiger partial charge in [-0.05, 0) is 0 Å². The van der Waals surface area contributed by atoms with Crippen LogP contribution in [0, 0.1) is 30.3 Å².